The first-order valence-corrected chi connectivity index (χ1v) is 10.6. The van der Waals surface area contributed by atoms with Gasteiger partial charge in [0.05, 0.1) is 5.56 Å². The predicted molar refractivity (Wildman–Crippen MR) is 106 cm³/mol. The molecule has 3 fully saturated rings. The van der Waals surface area contributed by atoms with Gasteiger partial charge in [0, 0.05) is 37.4 Å². The largest absolute Gasteiger partial charge is 0.383 e. The second-order valence-electron chi connectivity index (χ2n) is 8.22. The highest BCUT2D eigenvalue weighted by atomic mass is 16.5. The van der Waals surface area contributed by atoms with Gasteiger partial charge in [0.25, 0.3) is 11.8 Å². The summed E-state index contributed by atoms with van der Waals surface area (Å²) in [6.45, 7) is 2.13. The van der Waals surface area contributed by atoms with E-state index in [9.17, 15) is 9.59 Å². The molecule has 3 N–H and O–H groups in total. The highest BCUT2D eigenvalue weighted by molar-refractivity contribution is 5.98. The summed E-state index contributed by atoms with van der Waals surface area (Å²) in [4.78, 5) is 31.4. The molecule has 7 nitrogen and oxygen atoms in total. The van der Waals surface area contributed by atoms with E-state index in [1.165, 1.54) is 12.8 Å². The molecule has 0 radical (unpaired) electrons. The Labute approximate surface area is 166 Å². The van der Waals surface area contributed by atoms with Gasteiger partial charge >= 0.3 is 0 Å². The molecule has 7 heteroatoms. The Morgan fingerprint density at radius 3 is 2.46 bits per heavy atom. The minimum atomic E-state index is -0.247. The average Bonchev–Trinajstić information content (AvgIpc) is 3.41. The molecule has 1 aromatic heterocycles. The number of carbonyl (C=O) groups excluding carboxylic acids is 2. The fraction of sp³-hybridized carbons (Fsp3) is 0.667. The van der Waals surface area contributed by atoms with Crippen molar-refractivity contribution in [3.63, 3.8) is 0 Å². The van der Waals surface area contributed by atoms with Crippen LogP contribution in [0.15, 0.2) is 12.1 Å². The SMILES string of the molecule is Nc1nc(C2CCN(C(=O)C3CCCO3)CC2)ccc1C(=O)NC1CCCC1. The van der Waals surface area contributed by atoms with Crippen molar-refractivity contribution >= 4 is 17.6 Å². The number of anilines is 1. The molecule has 1 aliphatic carbocycles. The molecule has 2 aliphatic heterocycles. The molecule has 1 saturated carbocycles. The van der Waals surface area contributed by atoms with Crippen LogP contribution in [-0.4, -0.2) is 53.5 Å². The summed E-state index contributed by atoms with van der Waals surface area (Å²) < 4.78 is 5.52. The fourth-order valence-electron chi connectivity index (χ4n) is 4.62. The summed E-state index contributed by atoms with van der Waals surface area (Å²) in [6, 6.07) is 3.98. The van der Waals surface area contributed by atoms with Crippen molar-refractivity contribution in [1.82, 2.24) is 15.2 Å². The van der Waals surface area contributed by atoms with Gasteiger partial charge in [-0.1, -0.05) is 12.8 Å². The van der Waals surface area contributed by atoms with E-state index in [1.54, 1.807) is 6.07 Å². The minimum absolute atomic E-state index is 0.125. The van der Waals surface area contributed by atoms with E-state index < -0.39 is 0 Å². The molecule has 0 bridgehead atoms. The number of hydrogen-bond acceptors (Lipinski definition) is 5. The highest BCUT2D eigenvalue weighted by Gasteiger charge is 2.31. The van der Waals surface area contributed by atoms with Crippen LogP contribution in [0.5, 0.6) is 0 Å². The first kappa shape index (κ1) is 19.2. The van der Waals surface area contributed by atoms with Crippen molar-refractivity contribution in [2.75, 3.05) is 25.4 Å². The van der Waals surface area contributed by atoms with Gasteiger partial charge in [0.15, 0.2) is 0 Å². The third kappa shape index (κ3) is 4.14. The second-order valence-corrected chi connectivity index (χ2v) is 8.22. The Morgan fingerprint density at radius 1 is 1.07 bits per heavy atom. The molecule has 1 atom stereocenters. The molecule has 2 amide bonds. The second kappa shape index (κ2) is 8.47. The van der Waals surface area contributed by atoms with Crippen molar-refractivity contribution in [3.8, 4) is 0 Å². The Kier molecular flexibility index (Phi) is 5.80. The van der Waals surface area contributed by atoms with Gasteiger partial charge in [0.2, 0.25) is 0 Å². The Morgan fingerprint density at radius 2 is 1.82 bits per heavy atom. The fourth-order valence-corrected chi connectivity index (χ4v) is 4.62. The molecule has 28 heavy (non-hydrogen) atoms. The summed E-state index contributed by atoms with van der Waals surface area (Å²) in [5.41, 5.74) is 7.48. The molecule has 0 spiro atoms. The number of nitrogens with two attached hydrogens (primary N) is 1. The third-order valence-corrected chi connectivity index (χ3v) is 6.31. The van der Waals surface area contributed by atoms with E-state index in [0.29, 0.717) is 18.0 Å². The zero-order chi connectivity index (χ0) is 19.5. The van der Waals surface area contributed by atoms with Gasteiger partial charge in [-0.15, -0.1) is 0 Å². The topological polar surface area (TPSA) is 97.6 Å². The maximum Gasteiger partial charge on any atom is 0.255 e. The van der Waals surface area contributed by atoms with Crippen molar-refractivity contribution in [2.45, 2.75) is 69.4 Å². The van der Waals surface area contributed by atoms with Crippen LogP contribution in [0.25, 0.3) is 0 Å². The van der Waals surface area contributed by atoms with E-state index in [0.717, 1.165) is 57.3 Å². The summed E-state index contributed by atoms with van der Waals surface area (Å²) in [5.74, 6) is 0.566. The summed E-state index contributed by atoms with van der Waals surface area (Å²) in [5, 5.41) is 3.06. The highest BCUT2D eigenvalue weighted by Crippen LogP contribution is 2.29. The molecule has 3 heterocycles. The van der Waals surface area contributed by atoms with Gasteiger partial charge in [-0.3, -0.25) is 9.59 Å². The maximum absolute atomic E-state index is 12.5. The van der Waals surface area contributed by atoms with E-state index in [-0.39, 0.29) is 29.9 Å². The van der Waals surface area contributed by atoms with Gasteiger partial charge in [0.1, 0.15) is 11.9 Å². The molecule has 1 aromatic rings. The quantitative estimate of drug-likeness (QED) is 0.827. The number of rotatable bonds is 4. The summed E-state index contributed by atoms with van der Waals surface area (Å²) >= 11 is 0. The lowest BCUT2D eigenvalue weighted by Gasteiger charge is -2.33. The monoisotopic (exact) mass is 386 g/mol. The van der Waals surface area contributed by atoms with E-state index in [4.69, 9.17) is 10.5 Å². The molecule has 0 aromatic carbocycles. The van der Waals surface area contributed by atoms with Crippen LogP contribution >= 0.6 is 0 Å². The van der Waals surface area contributed by atoms with Crippen LogP contribution in [-0.2, 0) is 9.53 Å². The number of pyridine rings is 1. The van der Waals surface area contributed by atoms with Crippen LogP contribution in [0.3, 0.4) is 0 Å². The standard InChI is InChI=1S/C21H30N4O3/c22-19-16(20(26)23-15-4-1-2-5-15)7-8-17(24-19)14-9-11-25(12-10-14)21(27)18-6-3-13-28-18/h7-8,14-15,18H,1-6,9-13H2,(H2,22,24)(H,23,26). The van der Waals surface area contributed by atoms with Crippen LogP contribution in [0.2, 0.25) is 0 Å². The number of nitrogens with one attached hydrogen (secondary N) is 1. The number of ether oxygens (including phenoxy) is 1. The van der Waals surface area contributed by atoms with Crippen LogP contribution in [0.4, 0.5) is 5.82 Å². The normalized spacial score (nSPS) is 23.9. The number of hydrogen-bond donors (Lipinski definition) is 2. The van der Waals surface area contributed by atoms with E-state index >= 15 is 0 Å². The van der Waals surface area contributed by atoms with E-state index in [2.05, 4.69) is 10.3 Å². The lowest BCUT2D eigenvalue weighted by atomic mass is 9.92. The number of nitrogens with zero attached hydrogens (tertiary/aromatic N) is 2. The molecular weight excluding hydrogens is 356 g/mol. The van der Waals surface area contributed by atoms with E-state index in [1.807, 2.05) is 11.0 Å². The van der Waals surface area contributed by atoms with Crippen LogP contribution in [0, 0.1) is 0 Å². The van der Waals surface area contributed by atoms with Gasteiger partial charge in [-0.25, -0.2) is 4.98 Å². The number of amides is 2. The molecule has 1 unspecified atom stereocenters. The maximum atomic E-state index is 12.5. The summed E-state index contributed by atoms with van der Waals surface area (Å²) in [7, 11) is 0. The molecular formula is C21H30N4O3. The lowest BCUT2D eigenvalue weighted by Crippen LogP contribution is -2.43. The van der Waals surface area contributed by atoms with Crippen LogP contribution in [0.1, 0.15) is 73.3 Å². The zero-order valence-corrected chi connectivity index (χ0v) is 16.4. The zero-order valence-electron chi connectivity index (χ0n) is 16.4. The number of piperidine rings is 1. The van der Waals surface area contributed by atoms with Crippen LogP contribution < -0.4 is 11.1 Å². The average molecular weight is 386 g/mol. The molecule has 2 saturated heterocycles. The molecule has 152 valence electrons. The Hall–Kier alpha value is -2.15. The van der Waals surface area contributed by atoms with Crippen molar-refractivity contribution in [1.29, 1.82) is 0 Å². The van der Waals surface area contributed by atoms with Gasteiger partial charge < -0.3 is 20.7 Å². The van der Waals surface area contributed by atoms with Gasteiger partial charge in [-0.05, 0) is 50.7 Å². The number of nitrogen functional groups attached to an aromatic ring is 1. The predicted octanol–water partition coefficient (Wildman–Crippen LogP) is 2.22. The number of carbonyl (C=O) groups is 2. The number of aromatic nitrogens is 1. The molecule has 3 aliphatic rings. The summed E-state index contributed by atoms with van der Waals surface area (Å²) in [6.07, 6.45) is 7.70. The Bertz CT molecular complexity index is 718. The van der Waals surface area contributed by atoms with Crippen molar-refractivity contribution in [2.24, 2.45) is 0 Å². The Balaban J connectivity index is 1.34. The first-order chi connectivity index (χ1) is 13.6. The van der Waals surface area contributed by atoms with Crippen molar-refractivity contribution < 1.29 is 14.3 Å². The third-order valence-electron chi connectivity index (χ3n) is 6.31. The first-order valence-electron chi connectivity index (χ1n) is 10.6. The van der Waals surface area contributed by atoms with Gasteiger partial charge in [-0.2, -0.15) is 0 Å². The lowest BCUT2D eigenvalue weighted by molar-refractivity contribution is -0.142. The van der Waals surface area contributed by atoms with Crippen molar-refractivity contribution in [3.05, 3.63) is 23.4 Å². The number of likely N-dealkylation sites (tertiary alicyclic amines) is 1. The smallest absolute Gasteiger partial charge is 0.255 e. The minimum Gasteiger partial charge on any atom is -0.383 e. The molecule has 4 rings (SSSR count).